The smallest absolute Gasteiger partial charge is 0.271 e. The molecule has 0 atom stereocenters. The van der Waals surface area contributed by atoms with Crippen molar-refractivity contribution in [3.63, 3.8) is 0 Å². The third kappa shape index (κ3) is 3.25. The van der Waals surface area contributed by atoms with Crippen LogP contribution in [0.25, 0.3) is 10.8 Å². The van der Waals surface area contributed by atoms with Gasteiger partial charge in [0.2, 0.25) is 0 Å². The minimum atomic E-state index is -0.765. The summed E-state index contributed by atoms with van der Waals surface area (Å²) in [5.41, 5.74) is -0.385. The second-order valence-electron chi connectivity index (χ2n) is 5.28. The van der Waals surface area contributed by atoms with Crippen molar-refractivity contribution in [2.75, 3.05) is 12.4 Å². The van der Waals surface area contributed by atoms with Gasteiger partial charge in [0, 0.05) is 12.1 Å². The maximum Gasteiger partial charge on any atom is 0.271 e. The van der Waals surface area contributed by atoms with E-state index < -0.39 is 16.6 Å². The predicted octanol–water partition coefficient (Wildman–Crippen LogP) is 4.15. The van der Waals surface area contributed by atoms with Crippen molar-refractivity contribution in [3.8, 4) is 5.75 Å². The van der Waals surface area contributed by atoms with Crippen molar-refractivity contribution in [1.29, 1.82) is 0 Å². The number of amides is 1. The minimum absolute atomic E-state index is 0.201. The predicted molar refractivity (Wildman–Crippen MR) is 91.5 cm³/mol. The van der Waals surface area contributed by atoms with Gasteiger partial charge in [-0.3, -0.25) is 14.9 Å². The average Bonchev–Trinajstić information content (AvgIpc) is 2.62. The Hall–Kier alpha value is -3.48. The van der Waals surface area contributed by atoms with Gasteiger partial charge in [0.15, 0.2) is 0 Å². The van der Waals surface area contributed by atoms with E-state index in [-0.39, 0.29) is 16.9 Å². The lowest BCUT2D eigenvalue weighted by Crippen LogP contribution is -2.14. The van der Waals surface area contributed by atoms with Crippen LogP contribution in [0.3, 0.4) is 0 Å². The number of hydrogen-bond donors (Lipinski definition) is 1. The third-order valence-corrected chi connectivity index (χ3v) is 3.72. The number of nitrogens with one attached hydrogen (secondary N) is 1. The Morgan fingerprint density at radius 2 is 1.80 bits per heavy atom. The number of carbonyl (C=O) groups is 1. The van der Waals surface area contributed by atoms with E-state index in [1.165, 1.54) is 7.11 Å². The Kier molecular flexibility index (Phi) is 4.30. The average molecular weight is 340 g/mol. The van der Waals surface area contributed by atoms with Crippen LogP contribution >= 0.6 is 0 Å². The highest BCUT2D eigenvalue weighted by atomic mass is 19.1. The number of ether oxygens (including phenoxy) is 1. The lowest BCUT2D eigenvalue weighted by Gasteiger charge is -2.11. The summed E-state index contributed by atoms with van der Waals surface area (Å²) in [6.07, 6.45) is 0. The van der Waals surface area contributed by atoms with Crippen LogP contribution in [0, 0.1) is 15.9 Å². The molecule has 1 N–H and O–H groups in total. The van der Waals surface area contributed by atoms with Gasteiger partial charge in [0.05, 0.1) is 23.3 Å². The second kappa shape index (κ2) is 6.56. The lowest BCUT2D eigenvalue weighted by atomic mass is 10.1. The summed E-state index contributed by atoms with van der Waals surface area (Å²) in [6.45, 7) is 0. The highest BCUT2D eigenvalue weighted by Crippen LogP contribution is 2.28. The van der Waals surface area contributed by atoms with Gasteiger partial charge in [-0.05, 0) is 29.0 Å². The zero-order chi connectivity index (χ0) is 18.0. The molecule has 0 saturated carbocycles. The number of methoxy groups -OCH3 is 1. The third-order valence-electron chi connectivity index (χ3n) is 3.72. The topological polar surface area (TPSA) is 81.5 Å². The first-order valence-corrected chi connectivity index (χ1v) is 7.31. The van der Waals surface area contributed by atoms with Crippen LogP contribution in [0.5, 0.6) is 5.75 Å². The Morgan fingerprint density at radius 3 is 2.44 bits per heavy atom. The first-order valence-electron chi connectivity index (χ1n) is 7.31. The molecule has 0 aliphatic heterocycles. The maximum absolute atomic E-state index is 13.9. The summed E-state index contributed by atoms with van der Waals surface area (Å²) >= 11 is 0. The van der Waals surface area contributed by atoms with Crippen LogP contribution in [0.2, 0.25) is 0 Å². The van der Waals surface area contributed by atoms with E-state index in [1.807, 2.05) is 24.3 Å². The fourth-order valence-electron chi connectivity index (χ4n) is 2.48. The summed E-state index contributed by atoms with van der Waals surface area (Å²) in [6, 6.07) is 13.7. The number of halogens is 1. The van der Waals surface area contributed by atoms with Gasteiger partial charge in [-0.1, -0.05) is 24.3 Å². The highest BCUT2D eigenvalue weighted by Gasteiger charge is 2.17. The zero-order valence-electron chi connectivity index (χ0n) is 13.2. The Bertz CT molecular complexity index is 988. The first kappa shape index (κ1) is 16.4. The van der Waals surface area contributed by atoms with Crippen molar-refractivity contribution in [3.05, 3.63) is 76.1 Å². The van der Waals surface area contributed by atoms with Gasteiger partial charge >= 0.3 is 0 Å². The van der Waals surface area contributed by atoms with E-state index in [4.69, 9.17) is 4.74 Å². The van der Waals surface area contributed by atoms with Crippen LogP contribution in [0.1, 0.15) is 10.4 Å². The largest absolute Gasteiger partial charge is 0.496 e. The van der Waals surface area contributed by atoms with Gasteiger partial charge in [-0.15, -0.1) is 0 Å². The van der Waals surface area contributed by atoms with Gasteiger partial charge in [0.1, 0.15) is 11.6 Å². The number of hydrogen-bond acceptors (Lipinski definition) is 4. The van der Waals surface area contributed by atoms with Crippen molar-refractivity contribution >= 4 is 28.1 Å². The molecule has 0 aromatic heterocycles. The zero-order valence-corrected chi connectivity index (χ0v) is 13.2. The number of non-ortho nitro benzene ring substituents is 1. The Morgan fingerprint density at radius 1 is 1.12 bits per heavy atom. The normalized spacial score (nSPS) is 10.5. The molecule has 3 aromatic rings. The molecule has 0 aliphatic rings. The lowest BCUT2D eigenvalue weighted by molar-refractivity contribution is -0.384. The standard InChI is InChI=1S/C18H13FN2O4/c1-25-17-9-12-5-3-2-4-11(12)8-14(17)18(22)20-16-10-13(21(23)24)6-7-15(16)19/h2-10H,1H3,(H,20,22). The molecule has 0 heterocycles. The molecule has 126 valence electrons. The van der Waals surface area contributed by atoms with Gasteiger partial charge in [0.25, 0.3) is 11.6 Å². The summed E-state index contributed by atoms with van der Waals surface area (Å²) in [5.74, 6) is -1.07. The molecule has 1 amide bonds. The molecule has 0 unspecified atom stereocenters. The van der Waals surface area contributed by atoms with Crippen LogP contribution in [0.15, 0.2) is 54.6 Å². The molecule has 6 nitrogen and oxygen atoms in total. The van der Waals surface area contributed by atoms with E-state index in [0.29, 0.717) is 5.75 Å². The molecule has 3 aromatic carbocycles. The van der Waals surface area contributed by atoms with Crippen LogP contribution < -0.4 is 10.1 Å². The number of nitro benzene ring substituents is 1. The quantitative estimate of drug-likeness (QED) is 0.571. The highest BCUT2D eigenvalue weighted by molar-refractivity contribution is 6.08. The summed E-state index contributed by atoms with van der Waals surface area (Å²) in [5, 5.41) is 14.9. The number of fused-ring (bicyclic) bond motifs is 1. The van der Waals surface area contributed by atoms with Crippen molar-refractivity contribution in [2.45, 2.75) is 0 Å². The molecule has 3 rings (SSSR count). The molecule has 25 heavy (non-hydrogen) atoms. The van der Waals surface area contributed by atoms with Gasteiger partial charge in [-0.25, -0.2) is 4.39 Å². The van der Waals surface area contributed by atoms with Crippen LogP contribution in [0.4, 0.5) is 15.8 Å². The van der Waals surface area contributed by atoms with Gasteiger partial charge in [-0.2, -0.15) is 0 Å². The molecule has 0 radical (unpaired) electrons. The van der Waals surface area contributed by atoms with Crippen LogP contribution in [-0.4, -0.2) is 17.9 Å². The van der Waals surface area contributed by atoms with E-state index in [0.717, 1.165) is 29.0 Å². The summed E-state index contributed by atoms with van der Waals surface area (Å²) in [4.78, 5) is 22.7. The van der Waals surface area contributed by atoms with Crippen molar-refractivity contribution in [2.24, 2.45) is 0 Å². The minimum Gasteiger partial charge on any atom is -0.496 e. The first-order chi connectivity index (χ1) is 12.0. The monoisotopic (exact) mass is 340 g/mol. The number of nitrogens with zero attached hydrogens (tertiary/aromatic N) is 1. The van der Waals surface area contributed by atoms with E-state index in [9.17, 15) is 19.3 Å². The molecule has 0 saturated heterocycles. The number of anilines is 1. The number of benzene rings is 3. The summed E-state index contributed by atoms with van der Waals surface area (Å²) < 4.78 is 19.1. The molecular formula is C18H13FN2O4. The number of rotatable bonds is 4. The summed E-state index contributed by atoms with van der Waals surface area (Å²) in [7, 11) is 1.43. The number of carbonyl (C=O) groups excluding carboxylic acids is 1. The second-order valence-corrected chi connectivity index (χ2v) is 5.28. The molecule has 0 bridgehead atoms. The number of nitro groups is 1. The Labute approximate surface area is 142 Å². The SMILES string of the molecule is COc1cc2ccccc2cc1C(=O)Nc1cc([N+](=O)[O-])ccc1F. The molecular weight excluding hydrogens is 327 g/mol. The molecule has 7 heteroatoms. The van der Waals surface area contributed by atoms with Crippen molar-refractivity contribution in [1.82, 2.24) is 0 Å². The van der Waals surface area contributed by atoms with E-state index >= 15 is 0 Å². The fourth-order valence-corrected chi connectivity index (χ4v) is 2.48. The van der Waals surface area contributed by atoms with E-state index in [1.54, 1.807) is 12.1 Å². The van der Waals surface area contributed by atoms with Crippen LogP contribution in [-0.2, 0) is 0 Å². The fraction of sp³-hybridized carbons (Fsp3) is 0.0556. The molecule has 0 spiro atoms. The van der Waals surface area contributed by atoms with E-state index in [2.05, 4.69) is 5.32 Å². The molecule has 0 aliphatic carbocycles. The maximum atomic E-state index is 13.9. The Balaban J connectivity index is 2.00. The van der Waals surface area contributed by atoms with Crippen molar-refractivity contribution < 1.29 is 18.8 Å². The van der Waals surface area contributed by atoms with Gasteiger partial charge < -0.3 is 10.1 Å². The molecule has 0 fully saturated rings.